The van der Waals surface area contributed by atoms with Gasteiger partial charge in [-0.15, -0.1) is 11.3 Å². The van der Waals surface area contributed by atoms with E-state index in [1.165, 1.54) is 5.00 Å². The van der Waals surface area contributed by atoms with Crippen LogP contribution in [0.25, 0.3) is 0 Å². The molecule has 1 aromatic rings. The molecule has 0 aromatic carbocycles. The van der Waals surface area contributed by atoms with Gasteiger partial charge in [0.1, 0.15) is 0 Å². The summed E-state index contributed by atoms with van der Waals surface area (Å²) in [7, 11) is -1.24. The number of sulfonamides is 1. The fourth-order valence-electron chi connectivity index (χ4n) is 3.16. The quantitative estimate of drug-likeness (QED) is 0.616. The molecule has 3 rings (SSSR count). The number of hydrogen-bond acceptors (Lipinski definition) is 5. The van der Waals surface area contributed by atoms with Crippen LogP contribution in [0.2, 0.25) is 0 Å². The van der Waals surface area contributed by atoms with Crippen LogP contribution in [0.4, 0.5) is 5.00 Å². The van der Waals surface area contributed by atoms with Crippen molar-refractivity contribution in [2.75, 3.05) is 63.5 Å². The van der Waals surface area contributed by atoms with Crippen molar-refractivity contribution < 1.29 is 8.42 Å². The maximum absolute atomic E-state index is 11.8. The summed E-state index contributed by atoms with van der Waals surface area (Å²) in [5, 5.41) is 6.73. The van der Waals surface area contributed by atoms with Gasteiger partial charge in [-0.1, -0.05) is 0 Å². The highest BCUT2D eigenvalue weighted by Crippen LogP contribution is 2.22. The van der Waals surface area contributed by atoms with Crippen molar-refractivity contribution in [1.82, 2.24) is 14.5 Å². The van der Waals surface area contributed by atoms with Crippen LogP contribution in [-0.4, -0.2) is 82.2 Å². The van der Waals surface area contributed by atoms with Crippen molar-refractivity contribution in [1.29, 1.82) is 0 Å². The smallest absolute Gasteiger partial charge is 0.214 e. The summed E-state index contributed by atoms with van der Waals surface area (Å²) in [6.45, 7) is 5.53. The Morgan fingerprint density at radius 3 is 2.67 bits per heavy atom. The number of guanidine groups is 1. The minimum absolute atomic E-state index is 0.284. The van der Waals surface area contributed by atoms with Gasteiger partial charge in [-0.05, 0) is 23.9 Å². The molecular formula is C15H25N5O2S2. The molecule has 24 heavy (non-hydrogen) atoms. The van der Waals surface area contributed by atoms with Crippen molar-refractivity contribution in [3.05, 3.63) is 17.5 Å². The van der Waals surface area contributed by atoms with E-state index in [9.17, 15) is 8.42 Å². The fourth-order valence-corrected chi connectivity index (χ4v) is 5.47. The van der Waals surface area contributed by atoms with Crippen molar-refractivity contribution in [2.45, 2.75) is 6.42 Å². The first kappa shape index (κ1) is 17.5. The fraction of sp³-hybridized carbons (Fsp3) is 0.667. The zero-order chi connectivity index (χ0) is 17.0. The molecule has 0 aliphatic carbocycles. The number of aliphatic imine (C=N–C) groups is 1. The molecule has 0 saturated carbocycles. The Hall–Kier alpha value is -1.32. The van der Waals surface area contributed by atoms with E-state index in [-0.39, 0.29) is 5.75 Å². The van der Waals surface area contributed by atoms with Crippen LogP contribution in [0.1, 0.15) is 6.42 Å². The van der Waals surface area contributed by atoms with E-state index < -0.39 is 10.0 Å². The molecule has 134 valence electrons. The lowest BCUT2D eigenvalue weighted by Gasteiger charge is -2.37. The third-order valence-corrected chi connectivity index (χ3v) is 7.34. The van der Waals surface area contributed by atoms with Gasteiger partial charge in [-0.2, -0.15) is 0 Å². The third-order valence-electron chi connectivity index (χ3n) is 4.46. The molecule has 0 amide bonds. The van der Waals surface area contributed by atoms with Gasteiger partial charge in [-0.25, -0.2) is 12.7 Å². The third kappa shape index (κ3) is 4.01. The Bertz CT molecular complexity index is 651. The van der Waals surface area contributed by atoms with Crippen LogP contribution in [0.5, 0.6) is 0 Å². The van der Waals surface area contributed by atoms with Crippen molar-refractivity contribution in [2.24, 2.45) is 4.99 Å². The molecule has 2 saturated heterocycles. The molecule has 0 bridgehead atoms. The van der Waals surface area contributed by atoms with Gasteiger partial charge < -0.3 is 15.1 Å². The van der Waals surface area contributed by atoms with Gasteiger partial charge in [0, 0.05) is 52.9 Å². The highest BCUT2D eigenvalue weighted by Gasteiger charge is 2.27. The summed E-state index contributed by atoms with van der Waals surface area (Å²) in [5.41, 5.74) is 0. The van der Waals surface area contributed by atoms with Crippen LogP contribution in [-0.2, 0) is 10.0 Å². The van der Waals surface area contributed by atoms with Gasteiger partial charge in [0.05, 0.1) is 10.8 Å². The lowest BCUT2D eigenvalue weighted by atomic mass is 10.3. The Morgan fingerprint density at radius 1 is 1.29 bits per heavy atom. The van der Waals surface area contributed by atoms with E-state index in [4.69, 9.17) is 0 Å². The summed E-state index contributed by atoms with van der Waals surface area (Å²) in [5.74, 6) is 1.14. The first-order valence-electron chi connectivity index (χ1n) is 8.32. The number of hydrogen-bond donors (Lipinski definition) is 1. The first-order valence-corrected chi connectivity index (χ1v) is 10.8. The molecule has 1 aromatic heterocycles. The second-order valence-corrected chi connectivity index (χ2v) is 8.98. The van der Waals surface area contributed by atoms with Gasteiger partial charge in [0.2, 0.25) is 10.0 Å². The van der Waals surface area contributed by atoms with E-state index in [1.807, 2.05) is 0 Å². The second kappa shape index (κ2) is 7.71. The van der Waals surface area contributed by atoms with Gasteiger partial charge in [0.15, 0.2) is 5.96 Å². The standard InChI is InChI=1S/C15H25N5O2S2/c1-16-15(17-5-7-20-6-3-13-24(20,21)22)19-10-8-18(9-11-19)14-4-2-12-23-14/h2,4,12H,3,5-11,13H2,1H3,(H,16,17). The summed E-state index contributed by atoms with van der Waals surface area (Å²) in [6, 6.07) is 4.24. The monoisotopic (exact) mass is 371 g/mol. The predicted octanol–water partition coefficient (Wildman–Crippen LogP) is 0.481. The molecule has 0 unspecified atom stereocenters. The van der Waals surface area contributed by atoms with E-state index in [2.05, 4.69) is 37.6 Å². The average molecular weight is 372 g/mol. The number of anilines is 1. The van der Waals surface area contributed by atoms with E-state index in [0.29, 0.717) is 19.6 Å². The summed E-state index contributed by atoms with van der Waals surface area (Å²) >= 11 is 1.77. The lowest BCUT2D eigenvalue weighted by molar-refractivity contribution is 0.369. The molecule has 2 fully saturated rings. The van der Waals surface area contributed by atoms with Gasteiger partial charge in [-0.3, -0.25) is 4.99 Å². The highest BCUT2D eigenvalue weighted by atomic mass is 32.2. The zero-order valence-electron chi connectivity index (χ0n) is 14.0. The minimum Gasteiger partial charge on any atom is -0.360 e. The van der Waals surface area contributed by atoms with Crippen molar-refractivity contribution >= 4 is 32.3 Å². The van der Waals surface area contributed by atoms with E-state index in [1.54, 1.807) is 22.7 Å². The normalized spacial score (nSPS) is 22.1. The number of nitrogens with zero attached hydrogens (tertiary/aromatic N) is 4. The van der Waals surface area contributed by atoms with Crippen LogP contribution in [0.15, 0.2) is 22.5 Å². The topological polar surface area (TPSA) is 68.2 Å². The SMILES string of the molecule is CN=C(NCCN1CCCS1(=O)=O)N1CCN(c2cccs2)CC1. The largest absolute Gasteiger partial charge is 0.360 e. The predicted molar refractivity (Wildman–Crippen MR) is 99.4 cm³/mol. The molecule has 9 heteroatoms. The molecule has 3 heterocycles. The van der Waals surface area contributed by atoms with E-state index in [0.717, 1.165) is 38.6 Å². The molecule has 2 aliphatic rings. The molecule has 0 radical (unpaired) electrons. The highest BCUT2D eigenvalue weighted by molar-refractivity contribution is 7.89. The molecule has 1 N–H and O–H groups in total. The number of rotatable bonds is 4. The van der Waals surface area contributed by atoms with Gasteiger partial charge in [0.25, 0.3) is 0 Å². The Balaban J connectivity index is 1.45. The average Bonchev–Trinajstić information content (AvgIpc) is 3.22. The van der Waals surface area contributed by atoms with Gasteiger partial charge >= 0.3 is 0 Å². The summed E-state index contributed by atoms with van der Waals surface area (Å²) < 4.78 is 25.2. The van der Waals surface area contributed by atoms with Crippen LogP contribution >= 0.6 is 11.3 Å². The number of nitrogens with one attached hydrogen (secondary N) is 1. The summed E-state index contributed by atoms with van der Waals surface area (Å²) in [6.07, 6.45) is 0.738. The zero-order valence-corrected chi connectivity index (χ0v) is 15.7. The molecule has 7 nitrogen and oxygen atoms in total. The molecular weight excluding hydrogens is 346 g/mol. The second-order valence-electron chi connectivity index (χ2n) is 5.97. The molecule has 0 spiro atoms. The van der Waals surface area contributed by atoms with Crippen molar-refractivity contribution in [3.8, 4) is 0 Å². The van der Waals surface area contributed by atoms with E-state index >= 15 is 0 Å². The Morgan fingerprint density at radius 2 is 2.08 bits per heavy atom. The van der Waals surface area contributed by atoms with Crippen LogP contribution in [0, 0.1) is 0 Å². The van der Waals surface area contributed by atoms with Crippen LogP contribution < -0.4 is 10.2 Å². The summed E-state index contributed by atoms with van der Waals surface area (Å²) in [4.78, 5) is 8.98. The number of thiophene rings is 1. The maximum atomic E-state index is 11.8. The maximum Gasteiger partial charge on any atom is 0.214 e. The van der Waals surface area contributed by atoms with Crippen LogP contribution in [0.3, 0.4) is 0 Å². The Kier molecular flexibility index (Phi) is 5.62. The van der Waals surface area contributed by atoms with Crippen molar-refractivity contribution in [3.63, 3.8) is 0 Å². The Labute approximate surface area is 148 Å². The first-order chi connectivity index (χ1) is 11.6. The lowest BCUT2D eigenvalue weighted by Crippen LogP contribution is -2.53. The molecule has 2 aliphatic heterocycles. The molecule has 0 atom stereocenters. The minimum atomic E-state index is -3.01. The number of piperazine rings is 1.